The van der Waals surface area contributed by atoms with Crippen LogP contribution in [0.1, 0.15) is 53.9 Å². The van der Waals surface area contributed by atoms with E-state index in [1.165, 1.54) is 5.56 Å². The van der Waals surface area contributed by atoms with E-state index in [1.807, 2.05) is 19.1 Å². The number of benzene rings is 1. The summed E-state index contributed by atoms with van der Waals surface area (Å²) in [6.45, 7) is 5.70. The van der Waals surface area contributed by atoms with Gasteiger partial charge in [-0.2, -0.15) is 0 Å². The number of hydrogen-bond donors (Lipinski definition) is 1. The van der Waals surface area contributed by atoms with Gasteiger partial charge in [0.2, 0.25) is 5.76 Å². The smallest absolute Gasteiger partial charge is 0.289 e. The van der Waals surface area contributed by atoms with E-state index in [4.69, 9.17) is 4.52 Å². The monoisotopic (exact) mass is 327 g/mol. The van der Waals surface area contributed by atoms with Crippen molar-refractivity contribution < 1.29 is 9.32 Å². The maximum absolute atomic E-state index is 11.9. The van der Waals surface area contributed by atoms with Gasteiger partial charge in [-0.05, 0) is 31.4 Å². The topological polar surface area (TPSA) is 58.4 Å². The van der Waals surface area contributed by atoms with Crippen LogP contribution in [-0.4, -0.2) is 35.6 Å². The first-order valence-electron chi connectivity index (χ1n) is 8.77. The number of likely N-dealkylation sites (tertiary alicyclic amines) is 1. The fraction of sp³-hybridized carbons (Fsp3) is 0.474. The molecule has 0 radical (unpaired) electrons. The minimum Gasteiger partial charge on any atom is -0.351 e. The van der Waals surface area contributed by atoms with Gasteiger partial charge in [-0.3, -0.25) is 9.69 Å². The minimum absolute atomic E-state index is 0.174. The van der Waals surface area contributed by atoms with E-state index < -0.39 is 0 Å². The molecule has 0 spiro atoms. The molecule has 128 valence electrons. The first kappa shape index (κ1) is 16.7. The van der Waals surface area contributed by atoms with E-state index in [0.717, 1.165) is 44.6 Å². The van der Waals surface area contributed by atoms with Crippen molar-refractivity contribution in [2.24, 2.45) is 0 Å². The third-order valence-corrected chi connectivity index (χ3v) is 4.46. The fourth-order valence-electron chi connectivity index (χ4n) is 3.20. The highest BCUT2D eigenvalue weighted by atomic mass is 16.5. The van der Waals surface area contributed by atoms with Crippen molar-refractivity contribution in [3.8, 4) is 0 Å². The Balaban J connectivity index is 1.60. The van der Waals surface area contributed by atoms with Crippen LogP contribution in [0.15, 0.2) is 40.9 Å². The second kappa shape index (κ2) is 8.11. The molecule has 1 aliphatic heterocycles. The van der Waals surface area contributed by atoms with E-state index in [0.29, 0.717) is 18.2 Å². The van der Waals surface area contributed by atoms with Crippen LogP contribution in [0.3, 0.4) is 0 Å². The predicted octanol–water partition coefficient (Wildman–Crippen LogP) is 3.19. The number of nitrogens with one attached hydrogen (secondary N) is 1. The van der Waals surface area contributed by atoms with Gasteiger partial charge in [0.15, 0.2) is 0 Å². The number of hydrogen-bond acceptors (Lipinski definition) is 4. The molecule has 1 aromatic carbocycles. The molecule has 0 unspecified atom stereocenters. The van der Waals surface area contributed by atoms with Gasteiger partial charge in [-0.1, -0.05) is 42.4 Å². The Morgan fingerprint density at radius 1 is 1.38 bits per heavy atom. The van der Waals surface area contributed by atoms with Crippen LogP contribution in [0, 0.1) is 0 Å². The van der Waals surface area contributed by atoms with Crippen LogP contribution in [-0.2, 0) is 6.54 Å². The van der Waals surface area contributed by atoms with E-state index in [1.54, 1.807) is 0 Å². The van der Waals surface area contributed by atoms with Gasteiger partial charge in [-0.25, -0.2) is 0 Å². The lowest BCUT2D eigenvalue weighted by Crippen LogP contribution is -2.34. The lowest BCUT2D eigenvalue weighted by Gasteiger charge is -2.31. The van der Waals surface area contributed by atoms with E-state index in [2.05, 4.69) is 39.6 Å². The van der Waals surface area contributed by atoms with Crippen molar-refractivity contribution in [1.82, 2.24) is 15.4 Å². The maximum atomic E-state index is 11.9. The summed E-state index contributed by atoms with van der Waals surface area (Å²) in [4.78, 5) is 14.4. The average Bonchev–Trinajstić information content (AvgIpc) is 3.11. The zero-order valence-electron chi connectivity index (χ0n) is 14.2. The molecule has 24 heavy (non-hydrogen) atoms. The largest absolute Gasteiger partial charge is 0.351 e. The summed E-state index contributed by atoms with van der Waals surface area (Å²) < 4.78 is 5.25. The number of nitrogens with zero attached hydrogens (tertiary/aromatic N) is 2. The Morgan fingerprint density at radius 2 is 2.21 bits per heavy atom. The van der Waals surface area contributed by atoms with Gasteiger partial charge >= 0.3 is 0 Å². The second-order valence-corrected chi connectivity index (χ2v) is 6.43. The molecule has 2 heterocycles. The molecule has 1 amide bonds. The van der Waals surface area contributed by atoms with Gasteiger partial charge in [0, 0.05) is 31.6 Å². The van der Waals surface area contributed by atoms with Crippen LogP contribution < -0.4 is 5.32 Å². The highest BCUT2D eigenvalue weighted by Gasteiger charge is 2.25. The molecule has 1 N–H and O–H groups in total. The Bertz CT molecular complexity index is 654. The number of amides is 1. The van der Waals surface area contributed by atoms with Gasteiger partial charge in [0.05, 0.1) is 5.69 Å². The first-order valence-corrected chi connectivity index (χ1v) is 8.77. The number of carbonyl (C=O) groups is 1. The Morgan fingerprint density at radius 3 is 3.00 bits per heavy atom. The lowest BCUT2D eigenvalue weighted by molar-refractivity contribution is 0.0916. The summed E-state index contributed by atoms with van der Waals surface area (Å²) >= 11 is 0. The van der Waals surface area contributed by atoms with E-state index >= 15 is 0 Å². The van der Waals surface area contributed by atoms with Gasteiger partial charge in [0.25, 0.3) is 5.91 Å². The highest BCUT2D eigenvalue weighted by molar-refractivity contribution is 5.91. The van der Waals surface area contributed by atoms with Crippen LogP contribution >= 0.6 is 0 Å². The normalized spacial score (nSPS) is 18.5. The van der Waals surface area contributed by atoms with Gasteiger partial charge in [0.1, 0.15) is 0 Å². The van der Waals surface area contributed by atoms with Crippen LogP contribution in [0.5, 0.6) is 0 Å². The number of carbonyl (C=O) groups excluding carboxylic acids is 1. The summed E-state index contributed by atoms with van der Waals surface area (Å²) in [5, 5.41) is 6.97. The van der Waals surface area contributed by atoms with Crippen molar-refractivity contribution in [2.45, 2.75) is 38.6 Å². The first-order chi connectivity index (χ1) is 11.8. The van der Waals surface area contributed by atoms with E-state index in [-0.39, 0.29) is 5.91 Å². The van der Waals surface area contributed by atoms with Crippen molar-refractivity contribution in [3.05, 3.63) is 53.4 Å². The predicted molar refractivity (Wildman–Crippen MR) is 92.8 cm³/mol. The quantitative estimate of drug-likeness (QED) is 0.885. The fourth-order valence-corrected chi connectivity index (χ4v) is 3.20. The van der Waals surface area contributed by atoms with Crippen LogP contribution in [0.4, 0.5) is 0 Å². The molecular formula is C19H25N3O2. The molecule has 5 heteroatoms. The molecule has 0 aliphatic carbocycles. The molecule has 2 aromatic rings. The molecule has 0 bridgehead atoms. The van der Waals surface area contributed by atoms with E-state index in [9.17, 15) is 4.79 Å². The SMILES string of the molecule is CCCNC(=O)c1cc([C@@H]2CCCN(Cc3ccccc3)C2)no1. The third-order valence-electron chi connectivity index (χ3n) is 4.46. The second-order valence-electron chi connectivity index (χ2n) is 6.43. The molecule has 1 atom stereocenters. The van der Waals surface area contributed by atoms with Crippen molar-refractivity contribution in [2.75, 3.05) is 19.6 Å². The van der Waals surface area contributed by atoms with Gasteiger partial charge in [-0.15, -0.1) is 0 Å². The standard InChI is InChI=1S/C19H25N3O2/c1-2-10-20-19(23)18-12-17(21-24-18)16-9-6-11-22(14-16)13-15-7-4-3-5-8-15/h3-5,7-8,12,16H,2,6,9-11,13-14H2,1H3,(H,20,23)/t16-/m1/s1. The van der Waals surface area contributed by atoms with Crippen molar-refractivity contribution in [3.63, 3.8) is 0 Å². The molecule has 3 rings (SSSR count). The van der Waals surface area contributed by atoms with Crippen molar-refractivity contribution >= 4 is 5.91 Å². The maximum Gasteiger partial charge on any atom is 0.289 e. The molecule has 1 aliphatic rings. The van der Waals surface area contributed by atoms with Crippen LogP contribution in [0.2, 0.25) is 0 Å². The van der Waals surface area contributed by atoms with Crippen LogP contribution in [0.25, 0.3) is 0 Å². The lowest BCUT2D eigenvalue weighted by atomic mass is 9.94. The summed E-state index contributed by atoms with van der Waals surface area (Å²) in [6, 6.07) is 12.3. The molecule has 1 fully saturated rings. The van der Waals surface area contributed by atoms with Crippen molar-refractivity contribution in [1.29, 1.82) is 0 Å². The third kappa shape index (κ3) is 4.23. The zero-order valence-corrected chi connectivity index (χ0v) is 14.2. The molecule has 5 nitrogen and oxygen atoms in total. The number of rotatable bonds is 6. The Hall–Kier alpha value is -2.14. The average molecular weight is 327 g/mol. The Kier molecular flexibility index (Phi) is 5.64. The molecular weight excluding hydrogens is 302 g/mol. The summed E-state index contributed by atoms with van der Waals surface area (Å²) in [7, 11) is 0. The minimum atomic E-state index is -0.174. The summed E-state index contributed by atoms with van der Waals surface area (Å²) in [6.07, 6.45) is 3.14. The van der Waals surface area contributed by atoms with Gasteiger partial charge < -0.3 is 9.84 Å². The molecule has 1 saturated heterocycles. The molecule has 0 saturated carbocycles. The highest BCUT2D eigenvalue weighted by Crippen LogP contribution is 2.27. The number of aromatic nitrogens is 1. The Labute approximate surface area is 143 Å². The zero-order chi connectivity index (χ0) is 16.8. The summed E-state index contributed by atoms with van der Waals surface area (Å²) in [5.41, 5.74) is 2.23. The summed E-state index contributed by atoms with van der Waals surface area (Å²) in [5.74, 6) is 0.477. The molecule has 1 aromatic heterocycles. The number of piperidine rings is 1.